The first kappa shape index (κ1) is 24.7. The zero-order valence-corrected chi connectivity index (χ0v) is 20.0. The van der Waals surface area contributed by atoms with E-state index in [1.807, 2.05) is 41.0 Å². The zero-order valence-electron chi connectivity index (χ0n) is 19.2. The van der Waals surface area contributed by atoms with Crippen molar-refractivity contribution in [3.05, 3.63) is 51.7 Å². The maximum Gasteiger partial charge on any atom is 0.237 e. The first-order valence-corrected chi connectivity index (χ1v) is 11.8. The molecule has 0 saturated heterocycles. The van der Waals surface area contributed by atoms with Crippen molar-refractivity contribution >= 4 is 17.2 Å². The second-order valence-corrected chi connectivity index (χ2v) is 9.12. The Labute approximate surface area is 194 Å². The number of carbonyl (C=O) groups excluding carboxylic acids is 1. The molecular formula is C24H34N2O5S. The van der Waals surface area contributed by atoms with Crippen LogP contribution in [-0.4, -0.2) is 87.1 Å². The smallest absolute Gasteiger partial charge is 0.237 e. The van der Waals surface area contributed by atoms with Crippen LogP contribution in [0.1, 0.15) is 22.0 Å². The van der Waals surface area contributed by atoms with E-state index in [-0.39, 0.29) is 25.1 Å². The second-order valence-electron chi connectivity index (χ2n) is 8.12. The molecule has 0 unspecified atom stereocenters. The van der Waals surface area contributed by atoms with Gasteiger partial charge in [-0.3, -0.25) is 9.69 Å². The molecule has 1 aliphatic rings. The summed E-state index contributed by atoms with van der Waals surface area (Å²) >= 11 is 1.74. The van der Waals surface area contributed by atoms with Gasteiger partial charge in [0.2, 0.25) is 5.91 Å². The van der Waals surface area contributed by atoms with Gasteiger partial charge in [-0.15, -0.1) is 11.3 Å². The molecule has 0 fully saturated rings. The fourth-order valence-electron chi connectivity index (χ4n) is 4.04. The molecule has 3 rings (SSSR count). The molecule has 176 valence electrons. The lowest BCUT2D eigenvalue weighted by Gasteiger charge is -2.37. The third-order valence-electron chi connectivity index (χ3n) is 5.61. The van der Waals surface area contributed by atoms with Gasteiger partial charge >= 0.3 is 0 Å². The summed E-state index contributed by atoms with van der Waals surface area (Å²) < 4.78 is 16.4. The first-order valence-electron chi connectivity index (χ1n) is 10.9. The molecule has 2 aromatic rings. The Kier molecular flexibility index (Phi) is 9.50. The highest BCUT2D eigenvalue weighted by atomic mass is 32.1. The number of methoxy groups -OCH3 is 2. The molecule has 1 aromatic heterocycles. The Balaban J connectivity index is 1.71. The quantitative estimate of drug-likeness (QED) is 0.523. The van der Waals surface area contributed by atoms with Crippen LogP contribution in [0.25, 0.3) is 0 Å². The van der Waals surface area contributed by atoms with E-state index in [0.717, 1.165) is 17.7 Å². The molecule has 1 aromatic carbocycles. The van der Waals surface area contributed by atoms with Crippen LogP contribution in [0.3, 0.4) is 0 Å². The van der Waals surface area contributed by atoms with Gasteiger partial charge in [-0.05, 0) is 48.1 Å². The van der Waals surface area contributed by atoms with Gasteiger partial charge in [0.15, 0.2) is 0 Å². The number of aliphatic hydroxyl groups excluding tert-OH is 1. The summed E-state index contributed by atoms with van der Waals surface area (Å²) in [5, 5.41) is 12.3. The number of ether oxygens (including phenoxy) is 3. The van der Waals surface area contributed by atoms with Crippen molar-refractivity contribution in [1.82, 2.24) is 9.80 Å². The van der Waals surface area contributed by atoms with E-state index in [0.29, 0.717) is 32.8 Å². The number of aryl methyl sites for hydroxylation is 1. The van der Waals surface area contributed by atoms with Crippen molar-refractivity contribution in [3.8, 4) is 5.75 Å². The van der Waals surface area contributed by atoms with Gasteiger partial charge in [-0.2, -0.15) is 0 Å². The lowest BCUT2D eigenvalue weighted by Crippen LogP contribution is -2.48. The average molecular weight is 463 g/mol. The van der Waals surface area contributed by atoms with Gasteiger partial charge in [0.25, 0.3) is 0 Å². The summed E-state index contributed by atoms with van der Waals surface area (Å²) in [5.74, 6) is 0.838. The van der Waals surface area contributed by atoms with Gasteiger partial charge in [0.05, 0.1) is 31.9 Å². The van der Waals surface area contributed by atoms with E-state index in [9.17, 15) is 9.90 Å². The molecule has 0 radical (unpaired) electrons. The van der Waals surface area contributed by atoms with Gasteiger partial charge in [0.1, 0.15) is 12.4 Å². The molecule has 0 spiro atoms. The van der Waals surface area contributed by atoms with Crippen LogP contribution >= 0.6 is 11.3 Å². The van der Waals surface area contributed by atoms with E-state index < -0.39 is 6.10 Å². The van der Waals surface area contributed by atoms with Gasteiger partial charge in [-0.25, -0.2) is 0 Å². The summed E-state index contributed by atoms with van der Waals surface area (Å²) in [5.41, 5.74) is 2.31. The molecule has 1 amide bonds. The van der Waals surface area contributed by atoms with Crippen LogP contribution in [-0.2, 0) is 20.7 Å². The van der Waals surface area contributed by atoms with E-state index in [1.165, 1.54) is 10.4 Å². The molecule has 1 aliphatic heterocycles. The molecule has 0 saturated carbocycles. The standard InChI is InChI=1S/C24H34N2O5S/c1-18-5-4-6-20(13-18)31-17-22-21-8-12-32-23(21)7-9-26(22)24(28)15-25(10-11-29-2)14-19(27)16-30-3/h4-6,8,12-13,19,22,27H,7,9-11,14-17H2,1-3H3/t19-,22+/m0/s1. The van der Waals surface area contributed by atoms with Crippen LogP contribution in [0.2, 0.25) is 0 Å². The maximum absolute atomic E-state index is 13.4. The van der Waals surface area contributed by atoms with Crippen LogP contribution in [0.15, 0.2) is 35.7 Å². The predicted molar refractivity (Wildman–Crippen MR) is 125 cm³/mol. The minimum Gasteiger partial charge on any atom is -0.491 e. The van der Waals surface area contributed by atoms with E-state index in [1.54, 1.807) is 25.6 Å². The van der Waals surface area contributed by atoms with Crippen LogP contribution in [0.5, 0.6) is 5.75 Å². The molecule has 2 heterocycles. The van der Waals surface area contributed by atoms with Gasteiger partial charge in [0, 0.05) is 38.7 Å². The number of hydrogen-bond acceptors (Lipinski definition) is 7. The Morgan fingerprint density at radius 1 is 1.31 bits per heavy atom. The molecule has 2 atom stereocenters. The number of amides is 1. The molecule has 1 N–H and O–H groups in total. The van der Waals surface area contributed by atoms with Gasteiger partial charge in [-0.1, -0.05) is 12.1 Å². The van der Waals surface area contributed by atoms with Crippen molar-refractivity contribution in [1.29, 1.82) is 0 Å². The minimum atomic E-state index is -0.657. The average Bonchev–Trinajstić information content (AvgIpc) is 3.25. The number of aliphatic hydroxyl groups is 1. The predicted octanol–water partition coefficient (Wildman–Crippen LogP) is 2.52. The molecule has 0 bridgehead atoms. The number of nitrogens with zero attached hydrogens (tertiary/aromatic N) is 2. The topological polar surface area (TPSA) is 71.5 Å². The monoisotopic (exact) mass is 462 g/mol. The van der Waals surface area contributed by atoms with Crippen molar-refractivity contribution in [2.45, 2.75) is 25.5 Å². The van der Waals surface area contributed by atoms with Crippen molar-refractivity contribution in [3.63, 3.8) is 0 Å². The summed E-state index contributed by atoms with van der Waals surface area (Å²) in [6.07, 6.45) is 0.194. The van der Waals surface area contributed by atoms with E-state index in [4.69, 9.17) is 14.2 Å². The largest absolute Gasteiger partial charge is 0.491 e. The maximum atomic E-state index is 13.4. The fourth-order valence-corrected chi connectivity index (χ4v) is 4.96. The number of hydrogen-bond donors (Lipinski definition) is 1. The summed E-state index contributed by atoms with van der Waals surface area (Å²) in [7, 11) is 3.19. The third-order valence-corrected chi connectivity index (χ3v) is 6.61. The number of thiophene rings is 1. The molecule has 32 heavy (non-hydrogen) atoms. The summed E-state index contributed by atoms with van der Waals surface area (Å²) in [6.45, 7) is 4.94. The molecule has 8 heteroatoms. The molecular weight excluding hydrogens is 428 g/mol. The minimum absolute atomic E-state index is 0.0282. The van der Waals surface area contributed by atoms with Crippen molar-refractivity contribution in [2.75, 3.05) is 60.2 Å². The number of carbonyl (C=O) groups is 1. The highest BCUT2D eigenvalue weighted by Crippen LogP contribution is 2.34. The van der Waals surface area contributed by atoms with Crippen LogP contribution in [0, 0.1) is 6.92 Å². The Morgan fingerprint density at radius 3 is 2.91 bits per heavy atom. The summed E-state index contributed by atoms with van der Waals surface area (Å²) in [4.78, 5) is 18.6. The fraction of sp³-hybridized carbons (Fsp3) is 0.542. The van der Waals surface area contributed by atoms with Gasteiger partial charge < -0.3 is 24.2 Å². The highest BCUT2D eigenvalue weighted by Gasteiger charge is 2.33. The second kappa shape index (κ2) is 12.3. The highest BCUT2D eigenvalue weighted by molar-refractivity contribution is 7.10. The lowest BCUT2D eigenvalue weighted by molar-refractivity contribution is -0.136. The number of fused-ring (bicyclic) bond motifs is 1. The third kappa shape index (κ3) is 6.76. The van der Waals surface area contributed by atoms with E-state index in [2.05, 4.69) is 11.4 Å². The zero-order chi connectivity index (χ0) is 22.9. The van der Waals surface area contributed by atoms with Crippen molar-refractivity contribution < 1.29 is 24.1 Å². The summed E-state index contributed by atoms with van der Waals surface area (Å²) in [6, 6.07) is 9.93. The van der Waals surface area contributed by atoms with Crippen LogP contribution in [0.4, 0.5) is 0 Å². The Morgan fingerprint density at radius 2 is 2.16 bits per heavy atom. The van der Waals surface area contributed by atoms with Crippen molar-refractivity contribution in [2.24, 2.45) is 0 Å². The Hall–Kier alpha value is -1.97. The number of rotatable bonds is 12. The molecule has 0 aliphatic carbocycles. The lowest BCUT2D eigenvalue weighted by atomic mass is 10.0. The first-order chi connectivity index (χ1) is 15.5. The SMILES string of the molecule is COCCN(CC(=O)N1CCc2sccc2[C@H]1COc1cccc(C)c1)C[C@H](O)COC. The van der Waals surface area contributed by atoms with Crippen LogP contribution < -0.4 is 4.74 Å². The molecule has 7 nitrogen and oxygen atoms in total. The van der Waals surface area contributed by atoms with E-state index >= 15 is 0 Å². The normalized spacial score (nSPS) is 16.8. The Bertz CT molecular complexity index is 858. The number of benzene rings is 1.